The summed E-state index contributed by atoms with van der Waals surface area (Å²) in [7, 11) is 0. The highest BCUT2D eigenvalue weighted by Crippen LogP contribution is 2.39. The van der Waals surface area contributed by atoms with Crippen LogP contribution in [-0.4, -0.2) is 22.9 Å². The van der Waals surface area contributed by atoms with Gasteiger partial charge >= 0.3 is 5.97 Å². The number of nitrogens with one attached hydrogen (secondary N) is 1. The Bertz CT molecular complexity index is 450. The quantitative estimate of drug-likeness (QED) is 0.885. The lowest BCUT2D eigenvalue weighted by Crippen LogP contribution is -2.26. The Kier molecular flexibility index (Phi) is 3.84. The second-order valence-electron chi connectivity index (χ2n) is 4.20. The average molecular weight is 272 g/mol. The Labute approximate surface area is 110 Å². The lowest BCUT2D eigenvalue weighted by Gasteiger charge is -2.27. The zero-order valence-electron chi connectivity index (χ0n) is 9.50. The molecule has 17 heavy (non-hydrogen) atoms. The molecule has 1 aliphatic heterocycles. The maximum Gasteiger partial charge on any atom is 0.303 e. The van der Waals surface area contributed by atoms with Crippen LogP contribution in [0.25, 0.3) is 0 Å². The molecule has 3 nitrogen and oxygen atoms in total. The number of aryl methyl sites for hydroxylation is 1. The minimum atomic E-state index is -0.752. The van der Waals surface area contributed by atoms with Crippen LogP contribution in [0.5, 0.6) is 0 Å². The molecular weight excluding hydrogens is 258 g/mol. The maximum absolute atomic E-state index is 10.5. The number of hydrogen-bond acceptors (Lipinski definition) is 3. The summed E-state index contributed by atoms with van der Waals surface area (Å²) in [6, 6.07) is 4.21. The van der Waals surface area contributed by atoms with E-state index in [2.05, 4.69) is 11.4 Å². The van der Waals surface area contributed by atoms with Gasteiger partial charge in [-0.25, -0.2) is 0 Å². The van der Waals surface area contributed by atoms with Gasteiger partial charge < -0.3 is 10.4 Å². The first-order valence-electron chi connectivity index (χ1n) is 5.47. The van der Waals surface area contributed by atoms with Gasteiger partial charge in [0, 0.05) is 23.1 Å². The summed E-state index contributed by atoms with van der Waals surface area (Å²) >= 11 is 7.92. The largest absolute Gasteiger partial charge is 0.481 e. The molecule has 0 fully saturated rings. The van der Waals surface area contributed by atoms with E-state index in [1.54, 1.807) is 11.8 Å². The van der Waals surface area contributed by atoms with Crippen molar-refractivity contribution in [2.24, 2.45) is 0 Å². The van der Waals surface area contributed by atoms with E-state index < -0.39 is 5.97 Å². The molecule has 0 saturated carbocycles. The Morgan fingerprint density at radius 2 is 2.41 bits per heavy atom. The zero-order valence-corrected chi connectivity index (χ0v) is 11.1. The number of anilines is 1. The molecule has 0 saturated heterocycles. The fourth-order valence-corrected chi connectivity index (χ4v) is 3.45. The van der Waals surface area contributed by atoms with Gasteiger partial charge in [-0.05, 0) is 31.0 Å². The summed E-state index contributed by atoms with van der Waals surface area (Å²) in [6.07, 6.45) is 0.822. The van der Waals surface area contributed by atoms with Crippen LogP contribution in [0.3, 0.4) is 0 Å². The molecule has 1 heterocycles. The molecule has 0 aromatic heterocycles. The molecule has 1 atom stereocenters. The molecule has 0 amide bonds. The summed E-state index contributed by atoms with van der Waals surface area (Å²) in [6.45, 7) is 2.02. The maximum atomic E-state index is 10.5. The number of hydrogen-bond donors (Lipinski definition) is 2. The zero-order chi connectivity index (χ0) is 12.4. The Morgan fingerprint density at radius 3 is 3.12 bits per heavy atom. The van der Waals surface area contributed by atoms with E-state index in [1.165, 1.54) is 0 Å². The summed E-state index contributed by atoms with van der Waals surface area (Å²) in [5.74, 6) is 0.137. The predicted molar refractivity (Wildman–Crippen MR) is 71.2 cm³/mol. The van der Waals surface area contributed by atoms with E-state index in [1.807, 2.05) is 13.0 Å². The molecule has 0 bridgehead atoms. The van der Waals surface area contributed by atoms with E-state index in [0.29, 0.717) is 11.4 Å². The predicted octanol–water partition coefficient (Wildman–Crippen LogP) is 3.40. The van der Waals surface area contributed by atoms with Crippen LogP contribution in [0.15, 0.2) is 17.0 Å². The highest BCUT2D eigenvalue weighted by atomic mass is 35.5. The number of carboxylic acid groups (broad SMARTS) is 1. The number of benzene rings is 1. The van der Waals surface area contributed by atoms with Gasteiger partial charge in [-0.1, -0.05) is 11.6 Å². The van der Waals surface area contributed by atoms with E-state index in [4.69, 9.17) is 16.7 Å². The first-order valence-corrected chi connectivity index (χ1v) is 6.84. The molecule has 5 heteroatoms. The second-order valence-corrected chi connectivity index (χ2v) is 5.67. The van der Waals surface area contributed by atoms with E-state index in [9.17, 15) is 4.79 Å². The topological polar surface area (TPSA) is 49.3 Å². The van der Waals surface area contributed by atoms with Gasteiger partial charge in [0.15, 0.2) is 0 Å². The molecule has 1 aromatic rings. The molecule has 0 radical (unpaired) electrons. The number of rotatable bonds is 3. The number of fused-ring (bicyclic) bond motifs is 1. The van der Waals surface area contributed by atoms with E-state index >= 15 is 0 Å². The number of carbonyl (C=O) groups is 1. The van der Waals surface area contributed by atoms with Crippen molar-refractivity contribution in [3.63, 3.8) is 0 Å². The van der Waals surface area contributed by atoms with Crippen LogP contribution in [0.1, 0.15) is 18.4 Å². The van der Waals surface area contributed by atoms with Gasteiger partial charge in [0.25, 0.3) is 0 Å². The van der Waals surface area contributed by atoms with Gasteiger partial charge in [-0.3, -0.25) is 4.79 Å². The van der Waals surface area contributed by atoms with Crippen LogP contribution < -0.4 is 5.32 Å². The van der Waals surface area contributed by atoms with Crippen molar-refractivity contribution in [1.29, 1.82) is 0 Å². The lowest BCUT2D eigenvalue weighted by molar-refractivity contribution is -0.137. The van der Waals surface area contributed by atoms with Gasteiger partial charge in [0.2, 0.25) is 0 Å². The van der Waals surface area contributed by atoms with Gasteiger partial charge in [-0.15, -0.1) is 11.8 Å². The molecule has 0 spiro atoms. The minimum absolute atomic E-state index is 0.184. The van der Waals surface area contributed by atoms with Crippen molar-refractivity contribution < 1.29 is 9.90 Å². The molecule has 2 N–H and O–H groups in total. The summed E-state index contributed by atoms with van der Waals surface area (Å²) in [4.78, 5) is 11.7. The fraction of sp³-hybridized carbons (Fsp3) is 0.417. The second kappa shape index (κ2) is 5.19. The SMILES string of the molecule is Cc1cc(Cl)c2c(c1)SCC(CCC(=O)O)N2. The third-order valence-electron chi connectivity index (χ3n) is 2.69. The molecule has 1 aromatic carbocycles. The normalized spacial score (nSPS) is 18.4. The van der Waals surface area contributed by atoms with E-state index in [0.717, 1.165) is 21.9 Å². The minimum Gasteiger partial charge on any atom is -0.481 e. The standard InChI is InChI=1S/C12H14ClNO2S/c1-7-4-9(13)12-10(5-7)17-6-8(14-12)2-3-11(15)16/h4-5,8,14H,2-3,6H2,1H3,(H,15,16). The van der Waals surface area contributed by atoms with Gasteiger partial charge in [-0.2, -0.15) is 0 Å². The van der Waals surface area contributed by atoms with Crippen LogP contribution in [0.4, 0.5) is 5.69 Å². The van der Waals surface area contributed by atoms with Crippen LogP contribution in [-0.2, 0) is 4.79 Å². The number of halogens is 1. The monoisotopic (exact) mass is 271 g/mol. The van der Waals surface area contributed by atoms with Crippen molar-refractivity contribution in [1.82, 2.24) is 0 Å². The van der Waals surface area contributed by atoms with Crippen molar-refractivity contribution in [3.05, 3.63) is 22.7 Å². The smallest absolute Gasteiger partial charge is 0.303 e. The summed E-state index contributed by atoms with van der Waals surface area (Å²) in [5.41, 5.74) is 2.09. The molecule has 1 unspecified atom stereocenters. The summed E-state index contributed by atoms with van der Waals surface area (Å²) in [5, 5.41) is 12.7. The average Bonchev–Trinajstić information content (AvgIpc) is 2.26. The summed E-state index contributed by atoms with van der Waals surface area (Å²) < 4.78 is 0. The highest BCUT2D eigenvalue weighted by Gasteiger charge is 2.21. The Morgan fingerprint density at radius 1 is 1.65 bits per heavy atom. The first-order chi connectivity index (χ1) is 8.06. The first kappa shape index (κ1) is 12.6. The van der Waals surface area contributed by atoms with Gasteiger partial charge in [0.05, 0.1) is 10.7 Å². The molecule has 92 valence electrons. The van der Waals surface area contributed by atoms with Crippen molar-refractivity contribution >= 4 is 35.0 Å². The number of thioether (sulfide) groups is 1. The number of aliphatic carboxylic acids is 1. The number of carboxylic acids is 1. The van der Waals surface area contributed by atoms with Gasteiger partial charge in [0.1, 0.15) is 0 Å². The molecule has 0 aliphatic carbocycles. The van der Waals surface area contributed by atoms with E-state index in [-0.39, 0.29) is 12.5 Å². The Balaban J connectivity index is 2.10. The van der Waals surface area contributed by atoms with Crippen LogP contribution in [0.2, 0.25) is 5.02 Å². The van der Waals surface area contributed by atoms with Crippen molar-refractivity contribution in [2.45, 2.75) is 30.7 Å². The lowest BCUT2D eigenvalue weighted by atomic mass is 10.1. The molecular formula is C12H14ClNO2S. The third-order valence-corrected chi connectivity index (χ3v) is 4.19. The van der Waals surface area contributed by atoms with Crippen LogP contribution >= 0.6 is 23.4 Å². The fourth-order valence-electron chi connectivity index (χ4n) is 1.85. The van der Waals surface area contributed by atoms with Crippen LogP contribution in [0, 0.1) is 6.92 Å². The molecule has 2 rings (SSSR count). The van der Waals surface area contributed by atoms with Crippen molar-refractivity contribution in [2.75, 3.05) is 11.1 Å². The molecule has 1 aliphatic rings. The Hall–Kier alpha value is -0.870. The van der Waals surface area contributed by atoms with Crippen molar-refractivity contribution in [3.8, 4) is 0 Å². The third kappa shape index (κ3) is 3.07. The highest BCUT2D eigenvalue weighted by molar-refractivity contribution is 7.99.